The largest absolute Gasteiger partial charge is 0.494 e. The van der Waals surface area contributed by atoms with Crippen molar-refractivity contribution >= 4 is 0 Å². The molecule has 0 radical (unpaired) electrons. The number of unbranched alkanes of at least 4 members (excludes halogenated alkanes) is 1. The average molecular weight is 237 g/mol. The maximum Gasteiger partial charge on any atom is 0.119 e. The second kappa shape index (κ2) is 6.46. The van der Waals surface area contributed by atoms with Gasteiger partial charge in [-0.05, 0) is 29.7 Å². The predicted molar refractivity (Wildman–Crippen MR) is 72.2 cm³/mol. The van der Waals surface area contributed by atoms with Crippen LogP contribution in [0.15, 0.2) is 54.6 Å². The van der Waals surface area contributed by atoms with Crippen LogP contribution in [0.4, 0.5) is 0 Å². The number of nitrogens with zero attached hydrogens (tertiary/aromatic N) is 1. The first-order valence-electron chi connectivity index (χ1n) is 6.05. The molecule has 90 valence electrons. The molecule has 0 fully saturated rings. The van der Waals surface area contributed by atoms with Crippen molar-refractivity contribution in [3.8, 4) is 22.9 Å². The molecule has 0 saturated heterocycles. The van der Waals surface area contributed by atoms with Gasteiger partial charge >= 0.3 is 0 Å². The molecule has 0 heterocycles. The summed E-state index contributed by atoms with van der Waals surface area (Å²) in [5.41, 5.74) is 2.38. The van der Waals surface area contributed by atoms with Gasteiger partial charge in [-0.25, -0.2) is 0 Å². The van der Waals surface area contributed by atoms with Gasteiger partial charge < -0.3 is 4.74 Å². The first-order chi connectivity index (χ1) is 8.90. The van der Waals surface area contributed by atoms with Crippen LogP contribution in [0.25, 0.3) is 11.1 Å². The highest BCUT2D eigenvalue weighted by Gasteiger charge is 1.97. The number of rotatable bonds is 5. The fourth-order valence-electron chi connectivity index (χ4n) is 1.72. The van der Waals surface area contributed by atoms with Crippen molar-refractivity contribution in [2.24, 2.45) is 0 Å². The van der Waals surface area contributed by atoms with Gasteiger partial charge in [-0.3, -0.25) is 0 Å². The summed E-state index contributed by atoms with van der Waals surface area (Å²) in [7, 11) is 0. The lowest BCUT2D eigenvalue weighted by molar-refractivity contribution is 0.313. The van der Waals surface area contributed by atoms with Gasteiger partial charge in [-0.15, -0.1) is 0 Å². The van der Waals surface area contributed by atoms with Gasteiger partial charge in [0.1, 0.15) is 5.75 Å². The Balaban J connectivity index is 1.96. The molecule has 2 nitrogen and oxygen atoms in total. The number of hydrogen-bond donors (Lipinski definition) is 0. The average Bonchev–Trinajstić information content (AvgIpc) is 2.45. The molecule has 2 aromatic carbocycles. The van der Waals surface area contributed by atoms with Crippen LogP contribution in [0.3, 0.4) is 0 Å². The quantitative estimate of drug-likeness (QED) is 0.735. The Morgan fingerprint density at radius 3 is 2.22 bits per heavy atom. The summed E-state index contributed by atoms with van der Waals surface area (Å²) in [6, 6.07) is 20.4. The second-order valence-corrected chi connectivity index (χ2v) is 4.00. The minimum Gasteiger partial charge on any atom is -0.494 e. The summed E-state index contributed by atoms with van der Waals surface area (Å²) >= 11 is 0. The first-order valence-corrected chi connectivity index (χ1v) is 6.05. The first kappa shape index (κ1) is 12.2. The van der Waals surface area contributed by atoms with E-state index in [-0.39, 0.29) is 0 Å². The molecule has 2 heteroatoms. The minimum atomic E-state index is 0.544. The van der Waals surface area contributed by atoms with Crippen LogP contribution in [-0.4, -0.2) is 6.61 Å². The molecule has 0 unspecified atom stereocenters. The Morgan fingerprint density at radius 2 is 1.56 bits per heavy atom. The van der Waals surface area contributed by atoms with Crippen LogP contribution in [0.2, 0.25) is 0 Å². The maximum atomic E-state index is 8.42. The van der Waals surface area contributed by atoms with E-state index in [9.17, 15) is 0 Å². The van der Waals surface area contributed by atoms with Crippen molar-refractivity contribution < 1.29 is 4.74 Å². The van der Waals surface area contributed by atoms with Gasteiger partial charge in [0.2, 0.25) is 0 Å². The Morgan fingerprint density at radius 1 is 0.889 bits per heavy atom. The Bertz CT molecular complexity index is 511. The zero-order valence-corrected chi connectivity index (χ0v) is 10.2. The summed E-state index contributed by atoms with van der Waals surface area (Å²) in [6.07, 6.45) is 1.32. The Labute approximate surface area is 107 Å². The van der Waals surface area contributed by atoms with Crippen molar-refractivity contribution in [3.63, 3.8) is 0 Å². The molecule has 0 amide bonds. The van der Waals surface area contributed by atoms with E-state index >= 15 is 0 Å². The molecule has 0 aliphatic carbocycles. The fourth-order valence-corrected chi connectivity index (χ4v) is 1.72. The molecular weight excluding hydrogens is 222 g/mol. The minimum absolute atomic E-state index is 0.544. The van der Waals surface area contributed by atoms with E-state index in [2.05, 4.69) is 30.3 Å². The van der Waals surface area contributed by atoms with Crippen molar-refractivity contribution in [3.05, 3.63) is 54.6 Å². The lowest BCUT2D eigenvalue weighted by Crippen LogP contribution is -1.96. The smallest absolute Gasteiger partial charge is 0.119 e. The third kappa shape index (κ3) is 3.36. The van der Waals surface area contributed by atoms with Crippen LogP contribution in [0.5, 0.6) is 5.75 Å². The third-order valence-corrected chi connectivity index (χ3v) is 2.66. The Hall–Kier alpha value is -2.27. The van der Waals surface area contributed by atoms with E-state index in [0.717, 1.165) is 12.2 Å². The van der Waals surface area contributed by atoms with Crippen LogP contribution in [0.1, 0.15) is 12.8 Å². The lowest BCUT2D eigenvalue weighted by atomic mass is 10.1. The summed E-state index contributed by atoms with van der Waals surface area (Å²) in [4.78, 5) is 0. The van der Waals surface area contributed by atoms with Gasteiger partial charge in [0.05, 0.1) is 12.7 Å². The van der Waals surface area contributed by atoms with E-state index in [0.29, 0.717) is 13.0 Å². The molecule has 2 aromatic rings. The van der Waals surface area contributed by atoms with Crippen LogP contribution in [-0.2, 0) is 0 Å². The molecule has 0 bridgehead atoms. The molecule has 0 atom stereocenters. The highest BCUT2D eigenvalue weighted by atomic mass is 16.5. The van der Waals surface area contributed by atoms with Gasteiger partial charge in [0, 0.05) is 6.42 Å². The van der Waals surface area contributed by atoms with E-state index < -0.39 is 0 Å². The summed E-state index contributed by atoms with van der Waals surface area (Å²) < 4.78 is 5.55. The Kier molecular flexibility index (Phi) is 4.38. The van der Waals surface area contributed by atoms with E-state index in [1.807, 2.05) is 30.3 Å². The molecule has 18 heavy (non-hydrogen) atoms. The highest BCUT2D eigenvalue weighted by Crippen LogP contribution is 2.22. The molecule has 0 aliphatic rings. The van der Waals surface area contributed by atoms with Crippen LogP contribution in [0, 0.1) is 11.3 Å². The summed E-state index contributed by atoms with van der Waals surface area (Å²) in [5.74, 6) is 0.854. The number of hydrogen-bond acceptors (Lipinski definition) is 2. The zero-order chi connectivity index (χ0) is 12.6. The lowest BCUT2D eigenvalue weighted by Gasteiger charge is -2.06. The molecule has 2 rings (SSSR count). The van der Waals surface area contributed by atoms with Crippen molar-refractivity contribution in [2.75, 3.05) is 6.61 Å². The maximum absolute atomic E-state index is 8.42. The van der Waals surface area contributed by atoms with Gasteiger partial charge in [-0.2, -0.15) is 5.26 Å². The predicted octanol–water partition coefficient (Wildman–Crippen LogP) is 4.04. The molecule has 0 spiro atoms. The van der Waals surface area contributed by atoms with Gasteiger partial charge in [-0.1, -0.05) is 42.5 Å². The van der Waals surface area contributed by atoms with E-state index in [1.54, 1.807) is 0 Å². The van der Waals surface area contributed by atoms with E-state index in [4.69, 9.17) is 10.00 Å². The zero-order valence-electron chi connectivity index (χ0n) is 10.2. The highest BCUT2D eigenvalue weighted by molar-refractivity contribution is 5.63. The molecule has 0 N–H and O–H groups in total. The summed E-state index contributed by atoms with van der Waals surface area (Å²) in [5, 5.41) is 8.42. The monoisotopic (exact) mass is 237 g/mol. The van der Waals surface area contributed by atoms with Crippen molar-refractivity contribution in [1.82, 2.24) is 0 Å². The van der Waals surface area contributed by atoms with Crippen LogP contribution >= 0.6 is 0 Å². The SMILES string of the molecule is N#CCCCOc1ccc(-c2ccccc2)cc1. The topological polar surface area (TPSA) is 33.0 Å². The van der Waals surface area contributed by atoms with Gasteiger partial charge in [0.15, 0.2) is 0 Å². The molecule has 0 aromatic heterocycles. The standard InChI is InChI=1S/C16H15NO/c17-12-4-5-13-18-16-10-8-15(9-11-16)14-6-2-1-3-7-14/h1-3,6-11H,4-5,13H2. The van der Waals surface area contributed by atoms with Crippen LogP contribution < -0.4 is 4.74 Å². The normalized spacial score (nSPS) is 9.72. The molecular formula is C16H15NO. The summed E-state index contributed by atoms with van der Waals surface area (Å²) in [6.45, 7) is 0.595. The number of benzene rings is 2. The van der Waals surface area contributed by atoms with E-state index in [1.165, 1.54) is 11.1 Å². The fraction of sp³-hybridized carbons (Fsp3) is 0.188. The van der Waals surface area contributed by atoms with Crippen molar-refractivity contribution in [1.29, 1.82) is 5.26 Å². The molecule has 0 aliphatic heterocycles. The van der Waals surface area contributed by atoms with Crippen molar-refractivity contribution in [2.45, 2.75) is 12.8 Å². The third-order valence-electron chi connectivity index (χ3n) is 2.66. The number of ether oxygens (including phenoxy) is 1. The second-order valence-electron chi connectivity index (χ2n) is 4.00. The molecule has 0 saturated carbocycles. The number of nitriles is 1. The van der Waals surface area contributed by atoms with Gasteiger partial charge in [0.25, 0.3) is 0 Å².